The molecule has 2 aromatic carbocycles. The van der Waals surface area contributed by atoms with Crippen LogP contribution in [0.3, 0.4) is 0 Å². The predicted octanol–water partition coefficient (Wildman–Crippen LogP) is 3.57. The first-order valence-corrected chi connectivity index (χ1v) is 8.89. The Morgan fingerprint density at radius 3 is 2.42 bits per heavy atom. The quantitative estimate of drug-likeness (QED) is 0.810. The van der Waals surface area contributed by atoms with Gasteiger partial charge in [-0.1, -0.05) is 43.7 Å². The molecule has 1 unspecified atom stereocenters. The van der Waals surface area contributed by atoms with Crippen LogP contribution in [0.4, 0.5) is 0 Å². The van der Waals surface area contributed by atoms with E-state index in [1.54, 1.807) is 12.1 Å². The molecule has 0 fully saturated rings. The van der Waals surface area contributed by atoms with Crippen molar-refractivity contribution in [2.75, 3.05) is 6.54 Å². The summed E-state index contributed by atoms with van der Waals surface area (Å²) in [6.45, 7) is 4.33. The lowest BCUT2D eigenvalue weighted by Gasteiger charge is -2.14. The van der Waals surface area contributed by atoms with Crippen LogP contribution in [0.1, 0.15) is 69.4 Å². The first kappa shape index (κ1) is 17.9. The van der Waals surface area contributed by atoms with Gasteiger partial charge < -0.3 is 5.32 Å². The Bertz CT molecular complexity index is 846. The molecular weight excluding hydrogens is 328 g/mol. The number of benzene rings is 2. The summed E-state index contributed by atoms with van der Waals surface area (Å²) in [4.78, 5) is 38.7. The van der Waals surface area contributed by atoms with Crippen LogP contribution in [-0.2, 0) is 0 Å². The van der Waals surface area contributed by atoms with Gasteiger partial charge in [-0.25, -0.2) is 0 Å². The van der Waals surface area contributed by atoms with Gasteiger partial charge in [-0.05, 0) is 37.1 Å². The fourth-order valence-corrected chi connectivity index (χ4v) is 3.06. The summed E-state index contributed by atoms with van der Waals surface area (Å²) in [6.07, 6.45) is 1.67. The van der Waals surface area contributed by atoms with Gasteiger partial charge in [0.15, 0.2) is 0 Å². The lowest BCUT2D eigenvalue weighted by Crippen LogP contribution is -2.30. The largest absolute Gasteiger partial charge is 0.346 e. The van der Waals surface area contributed by atoms with E-state index >= 15 is 0 Å². The lowest BCUT2D eigenvalue weighted by molar-refractivity contribution is 0.0652. The van der Waals surface area contributed by atoms with Crippen molar-refractivity contribution in [2.24, 2.45) is 0 Å². The van der Waals surface area contributed by atoms with Crippen LogP contribution in [-0.4, -0.2) is 29.2 Å². The van der Waals surface area contributed by atoms with Crippen molar-refractivity contribution >= 4 is 17.7 Å². The Morgan fingerprint density at radius 1 is 1.04 bits per heavy atom. The van der Waals surface area contributed by atoms with Gasteiger partial charge in [-0.15, -0.1) is 0 Å². The second kappa shape index (κ2) is 7.52. The van der Waals surface area contributed by atoms with Crippen LogP contribution in [0.5, 0.6) is 0 Å². The molecule has 0 saturated carbocycles. The van der Waals surface area contributed by atoms with Crippen LogP contribution >= 0.6 is 0 Å². The number of carbonyl (C=O) groups is 3. The fourth-order valence-electron chi connectivity index (χ4n) is 3.06. The zero-order valence-electron chi connectivity index (χ0n) is 15.0. The SMILES string of the molecule is CCCCN1C(=O)c2ccc(C(=O)NC(C)c3ccccc3)cc2C1=O. The summed E-state index contributed by atoms with van der Waals surface area (Å²) in [5, 5.41) is 2.93. The molecule has 3 rings (SSSR count). The molecule has 0 bridgehead atoms. The maximum absolute atomic E-state index is 12.5. The van der Waals surface area contributed by atoms with E-state index in [2.05, 4.69) is 5.32 Å². The molecule has 0 aromatic heterocycles. The molecule has 134 valence electrons. The van der Waals surface area contributed by atoms with Crippen molar-refractivity contribution in [3.8, 4) is 0 Å². The third-order valence-electron chi connectivity index (χ3n) is 4.62. The molecule has 1 N–H and O–H groups in total. The van der Waals surface area contributed by atoms with E-state index in [1.807, 2.05) is 44.2 Å². The summed E-state index contributed by atoms with van der Waals surface area (Å²) in [5.41, 5.74) is 2.06. The monoisotopic (exact) mass is 350 g/mol. The predicted molar refractivity (Wildman–Crippen MR) is 99.0 cm³/mol. The summed E-state index contributed by atoms with van der Waals surface area (Å²) >= 11 is 0. The topological polar surface area (TPSA) is 66.5 Å². The standard InChI is InChI=1S/C21H22N2O3/c1-3-4-12-23-20(25)17-11-10-16(13-18(17)21(23)26)19(24)22-14(2)15-8-6-5-7-9-15/h5-11,13-14H,3-4,12H2,1-2H3,(H,22,24). The highest BCUT2D eigenvalue weighted by molar-refractivity contribution is 6.22. The van der Waals surface area contributed by atoms with E-state index in [-0.39, 0.29) is 23.8 Å². The number of unbranched alkanes of at least 4 members (excludes halogenated alkanes) is 1. The zero-order chi connectivity index (χ0) is 18.7. The minimum absolute atomic E-state index is 0.157. The Labute approximate surface area is 153 Å². The first-order valence-electron chi connectivity index (χ1n) is 8.89. The molecule has 0 radical (unpaired) electrons. The van der Waals surface area contributed by atoms with Gasteiger partial charge in [0, 0.05) is 12.1 Å². The molecular formula is C21H22N2O3. The van der Waals surface area contributed by atoms with Gasteiger partial charge in [0.2, 0.25) is 0 Å². The third-order valence-corrected chi connectivity index (χ3v) is 4.62. The van der Waals surface area contributed by atoms with Crippen molar-refractivity contribution in [2.45, 2.75) is 32.7 Å². The van der Waals surface area contributed by atoms with Crippen molar-refractivity contribution in [1.82, 2.24) is 10.2 Å². The van der Waals surface area contributed by atoms with Crippen LogP contribution in [0.25, 0.3) is 0 Å². The van der Waals surface area contributed by atoms with E-state index in [1.165, 1.54) is 11.0 Å². The molecule has 3 amide bonds. The number of nitrogens with zero attached hydrogens (tertiary/aromatic N) is 1. The molecule has 5 nitrogen and oxygen atoms in total. The van der Waals surface area contributed by atoms with Crippen molar-refractivity contribution in [3.05, 3.63) is 70.8 Å². The zero-order valence-corrected chi connectivity index (χ0v) is 15.0. The van der Waals surface area contributed by atoms with Crippen LogP contribution < -0.4 is 5.32 Å². The highest BCUT2D eigenvalue weighted by atomic mass is 16.2. The van der Waals surface area contributed by atoms with Crippen LogP contribution in [0.2, 0.25) is 0 Å². The molecule has 0 spiro atoms. The van der Waals surface area contributed by atoms with Gasteiger partial charge in [0.05, 0.1) is 17.2 Å². The minimum Gasteiger partial charge on any atom is -0.346 e. The maximum atomic E-state index is 12.5. The number of carbonyl (C=O) groups excluding carboxylic acids is 3. The van der Waals surface area contributed by atoms with Crippen LogP contribution in [0.15, 0.2) is 48.5 Å². The van der Waals surface area contributed by atoms with E-state index in [4.69, 9.17) is 0 Å². The summed E-state index contributed by atoms with van der Waals surface area (Å²) in [7, 11) is 0. The average Bonchev–Trinajstić information content (AvgIpc) is 2.90. The maximum Gasteiger partial charge on any atom is 0.261 e. The molecule has 5 heteroatoms. The van der Waals surface area contributed by atoms with Crippen molar-refractivity contribution in [3.63, 3.8) is 0 Å². The van der Waals surface area contributed by atoms with Gasteiger partial charge in [-0.2, -0.15) is 0 Å². The number of hydrogen-bond acceptors (Lipinski definition) is 3. The highest BCUT2D eigenvalue weighted by Gasteiger charge is 2.35. The molecule has 1 aliphatic heterocycles. The third kappa shape index (κ3) is 3.38. The second-order valence-corrected chi connectivity index (χ2v) is 6.48. The van der Waals surface area contributed by atoms with Gasteiger partial charge in [0.25, 0.3) is 17.7 Å². The molecule has 1 heterocycles. The minimum atomic E-state index is -0.316. The van der Waals surface area contributed by atoms with Crippen molar-refractivity contribution < 1.29 is 14.4 Å². The summed E-state index contributed by atoms with van der Waals surface area (Å²) < 4.78 is 0. The number of fused-ring (bicyclic) bond motifs is 1. The van der Waals surface area contributed by atoms with Gasteiger partial charge in [-0.3, -0.25) is 19.3 Å². The van der Waals surface area contributed by atoms with Crippen molar-refractivity contribution in [1.29, 1.82) is 0 Å². The Kier molecular flexibility index (Phi) is 5.16. The molecule has 1 aliphatic rings. The number of amides is 3. The lowest BCUT2D eigenvalue weighted by atomic mass is 10.0. The first-order chi connectivity index (χ1) is 12.5. The van der Waals surface area contributed by atoms with E-state index in [0.29, 0.717) is 23.2 Å². The van der Waals surface area contributed by atoms with Crippen LogP contribution in [0, 0.1) is 0 Å². The summed E-state index contributed by atoms with van der Waals surface area (Å²) in [6, 6.07) is 14.2. The average molecular weight is 350 g/mol. The van der Waals surface area contributed by atoms with E-state index in [0.717, 1.165) is 18.4 Å². The van der Waals surface area contributed by atoms with Gasteiger partial charge in [0.1, 0.15) is 0 Å². The number of hydrogen-bond donors (Lipinski definition) is 1. The molecule has 1 atom stereocenters. The Hall–Kier alpha value is -2.95. The van der Waals surface area contributed by atoms with Gasteiger partial charge >= 0.3 is 0 Å². The smallest absolute Gasteiger partial charge is 0.261 e. The number of imide groups is 1. The Morgan fingerprint density at radius 2 is 1.73 bits per heavy atom. The Balaban J connectivity index is 1.78. The number of nitrogens with one attached hydrogen (secondary N) is 1. The molecule has 26 heavy (non-hydrogen) atoms. The second-order valence-electron chi connectivity index (χ2n) is 6.48. The fraction of sp³-hybridized carbons (Fsp3) is 0.286. The number of rotatable bonds is 6. The van der Waals surface area contributed by atoms with E-state index in [9.17, 15) is 14.4 Å². The molecule has 0 aliphatic carbocycles. The normalized spacial score (nSPS) is 14.3. The highest BCUT2D eigenvalue weighted by Crippen LogP contribution is 2.24. The summed E-state index contributed by atoms with van der Waals surface area (Å²) in [5.74, 6) is -0.858. The molecule has 0 saturated heterocycles. The van der Waals surface area contributed by atoms with E-state index < -0.39 is 0 Å². The molecule has 2 aromatic rings.